The first kappa shape index (κ1) is 16.6. The Hall–Kier alpha value is -2.21. The average molecular weight is 327 g/mol. The van der Waals surface area contributed by atoms with Crippen LogP contribution in [0, 0.1) is 5.92 Å². The maximum absolute atomic E-state index is 11.5. The molecule has 1 aromatic carbocycles. The van der Waals surface area contributed by atoms with Crippen molar-refractivity contribution in [3.8, 4) is 0 Å². The van der Waals surface area contributed by atoms with Gasteiger partial charge in [0, 0.05) is 26.0 Å². The third kappa shape index (κ3) is 3.82. The zero-order valence-corrected chi connectivity index (χ0v) is 14.4. The molecule has 1 saturated heterocycles. The molecular formula is C18H25N5O. The molecule has 1 aliphatic rings. The van der Waals surface area contributed by atoms with Crippen molar-refractivity contribution in [1.82, 2.24) is 20.2 Å². The van der Waals surface area contributed by atoms with Crippen LogP contribution < -0.4 is 10.2 Å². The number of carbonyl (C=O) groups is 1. The SMILES string of the molecule is CNC(=O)CN1CCC(CN(C)c2ncnc3ccccc23)CC1. The van der Waals surface area contributed by atoms with Crippen molar-refractivity contribution in [3.63, 3.8) is 0 Å². The van der Waals surface area contributed by atoms with Gasteiger partial charge in [-0.3, -0.25) is 9.69 Å². The minimum absolute atomic E-state index is 0.0954. The third-order valence-electron chi connectivity index (χ3n) is 4.77. The number of para-hydroxylation sites is 1. The topological polar surface area (TPSA) is 61.4 Å². The van der Waals surface area contributed by atoms with Crippen LogP contribution >= 0.6 is 0 Å². The predicted molar refractivity (Wildman–Crippen MR) is 96.0 cm³/mol. The van der Waals surface area contributed by atoms with Crippen molar-refractivity contribution >= 4 is 22.6 Å². The van der Waals surface area contributed by atoms with E-state index in [4.69, 9.17) is 0 Å². The lowest BCUT2D eigenvalue weighted by Crippen LogP contribution is -2.42. The normalized spacial score (nSPS) is 16.2. The maximum Gasteiger partial charge on any atom is 0.233 e. The number of hydrogen-bond donors (Lipinski definition) is 1. The van der Waals surface area contributed by atoms with Gasteiger partial charge >= 0.3 is 0 Å². The minimum atomic E-state index is 0.0954. The Morgan fingerprint density at radius 3 is 2.79 bits per heavy atom. The first-order chi connectivity index (χ1) is 11.7. The van der Waals surface area contributed by atoms with Crippen molar-refractivity contribution in [1.29, 1.82) is 0 Å². The molecule has 0 spiro atoms. The summed E-state index contributed by atoms with van der Waals surface area (Å²) >= 11 is 0. The number of amides is 1. The number of fused-ring (bicyclic) bond motifs is 1. The fraction of sp³-hybridized carbons (Fsp3) is 0.500. The van der Waals surface area contributed by atoms with E-state index in [1.165, 1.54) is 0 Å². The molecule has 1 N–H and O–H groups in total. The van der Waals surface area contributed by atoms with Gasteiger partial charge in [0.2, 0.25) is 5.91 Å². The Bertz CT molecular complexity index is 691. The zero-order valence-electron chi connectivity index (χ0n) is 14.4. The van der Waals surface area contributed by atoms with Gasteiger partial charge in [0.05, 0.1) is 12.1 Å². The number of hydrogen-bond acceptors (Lipinski definition) is 5. The number of rotatable bonds is 5. The number of anilines is 1. The molecule has 2 heterocycles. The lowest BCUT2D eigenvalue weighted by atomic mass is 9.96. The maximum atomic E-state index is 11.5. The molecule has 2 aromatic rings. The highest BCUT2D eigenvalue weighted by atomic mass is 16.1. The van der Waals surface area contributed by atoms with E-state index in [0.717, 1.165) is 49.2 Å². The van der Waals surface area contributed by atoms with Gasteiger partial charge in [-0.2, -0.15) is 0 Å². The van der Waals surface area contributed by atoms with Crippen LogP contribution in [0.5, 0.6) is 0 Å². The van der Waals surface area contributed by atoms with Crippen molar-refractivity contribution < 1.29 is 4.79 Å². The van der Waals surface area contributed by atoms with Gasteiger partial charge in [-0.05, 0) is 44.0 Å². The molecule has 0 saturated carbocycles. The number of likely N-dealkylation sites (N-methyl/N-ethyl adjacent to an activating group) is 1. The molecule has 1 fully saturated rings. The van der Waals surface area contributed by atoms with Crippen molar-refractivity contribution in [2.45, 2.75) is 12.8 Å². The van der Waals surface area contributed by atoms with E-state index in [-0.39, 0.29) is 5.91 Å². The van der Waals surface area contributed by atoms with Crippen molar-refractivity contribution in [3.05, 3.63) is 30.6 Å². The van der Waals surface area contributed by atoms with E-state index in [1.54, 1.807) is 13.4 Å². The summed E-state index contributed by atoms with van der Waals surface area (Å²) in [5, 5.41) is 3.79. The Kier molecular flexibility index (Phi) is 5.25. The van der Waals surface area contributed by atoms with Gasteiger partial charge in [-0.15, -0.1) is 0 Å². The Labute approximate surface area is 142 Å². The fourth-order valence-corrected chi connectivity index (χ4v) is 3.38. The van der Waals surface area contributed by atoms with Crippen LogP contribution in [-0.4, -0.2) is 61.0 Å². The van der Waals surface area contributed by atoms with Gasteiger partial charge in [-0.1, -0.05) is 12.1 Å². The predicted octanol–water partition coefficient (Wildman–Crippen LogP) is 1.52. The Morgan fingerprint density at radius 2 is 2.04 bits per heavy atom. The number of nitrogens with one attached hydrogen (secondary N) is 1. The molecule has 0 bridgehead atoms. The second-order valence-corrected chi connectivity index (χ2v) is 6.49. The van der Waals surface area contributed by atoms with Crippen LogP contribution in [0.2, 0.25) is 0 Å². The summed E-state index contributed by atoms with van der Waals surface area (Å²) in [5.41, 5.74) is 0.981. The van der Waals surface area contributed by atoms with Gasteiger partial charge in [0.15, 0.2) is 0 Å². The van der Waals surface area contributed by atoms with Gasteiger partial charge in [0.1, 0.15) is 12.1 Å². The molecular weight excluding hydrogens is 302 g/mol. The van der Waals surface area contributed by atoms with Gasteiger partial charge in [-0.25, -0.2) is 9.97 Å². The summed E-state index contributed by atoms with van der Waals surface area (Å²) in [5.74, 6) is 1.72. The number of carbonyl (C=O) groups excluding carboxylic acids is 1. The molecule has 0 unspecified atom stereocenters. The summed E-state index contributed by atoms with van der Waals surface area (Å²) < 4.78 is 0. The molecule has 1 aromatic heterocycles. The molecule has 24 heavy (non-hydrogen) atoms. The van der Waals surface area contributed by atoms with Crippen LogP contribution in [-0.2, 0) is 4.79 Å². The summed E-state index contributed by atoms with van der Waals surface area (Å²) in [6, 6.07) is 8.13. The highest BCUT2D eigenvalue weighted by molar-refractivity contribution is 5.89. The Balaban J connectivity index is 1.59. The summed E-state index contributed by atoms with van der Waals surface area (Å²) in [7, 11) is 3.79. The summed E-state index contributed by atoms with van der Waals surface area (Å²) in [4.78, 5) is 24.8. The lowest BCUT2D eigenvalue weighted by Gasteiger charge is -2.33. The Morgan fingerprint density at radius 1 is 1.29 bits per heavy atom. The number of likely N-dealkylation sites (tertiary alicyclic amines) is 1. The molecule has 0 atom stereocenters. The molecule has 128 valence electrons. The molecule has 3 rings (SSSR count). The van der Waals surface area contributed by atoms with E-state index in [1.807, 2.05) is 18.2 Å². The first-order valence-electron chi connectivity index (χ1n) is 8.51. The first-order valence-corrected chi connectivity index (χ1v) is 8.51. The quantitative estimate of drug-likeness (QED) is 0.902. The highest BCUT2D eigenvalue weighted by Crippen LogP contribution is 2.24. The minimum Gasteiger partial charge on any atom is -0.359 e. The average Bonchev–Trinajstić information content (AvgIpc) is 2.62. The second kappa shape index (κ2) is 7.57. The van der Waals surface area contributed by atoms with Crippen molar-refractivity contribution in [2.75, 3.05) is 45.2 Å². The largest absolute Gasteiger partial charge is 0.359 e. The zero-order chi connectivity index (χ0) is 16.9. The van der Waals surface area contributed by atoms with E-state index >= 15 is 0 Å². The monoisotopic (exact) mass is 327 g/mol. The fourth-order valence-electron chi connectivity index (χ4n) is 3.38. The highest BCUT2D eigenvalue weighted by Gasteiger charge is 2.22. The molecule has 1 aliphatic heterocycles. The van der Waals surface area contributed by atoms with Crippen LogP contribution in [0.25, 0.3) is 10.9 Å². The van der Waals surface area contributed by atoms with Gasteiger partial charge in [0.25, 0.3) is 0 Å². The van der Waals surface area contributed by atoms with E-state index < -0.39 is 0 Å². The molecule has 0 radical (unpaired) electrons. The smallest absolute Gasteiger partial charge is 0.233 e. The number of benzene rings is 1. The second-order valence-electron chi connectivity index (χ2n) is 6.49. The van der Waals surface area contributed by atoms with E-state index in [9.17, 15) is 4.79 Å². The van der Waals surface area contributed by atoms with Crippen LogP contribution in [0.1, 0.15) is 12.8 Å². The van der Waals surface area contributed by atoms with Gasteiger partial charge < -0.3 is 10.2 Å². The van der Waals surface area contributed by atoms with Crippen LogP contribution in [0.15, 0.2) is 30.6 Å². The number of nitrogens with zero attached hydrogens (tertiary/aromatic N) is 4. The van der Waals surface area contributed by atoms with Crippen LogP contribution in [0.3, 0.4) is 0 Å². The lowest BCUT2D eigenvalue weighted by molar-refractivity contribution is -0.122. The molecule has 6 heteroatoms. The molecule has 6 nitrogen and oxygen atoms in total. The van der Waals surface area contributed by atoms with E-state index in [0.29, 0.717) is 12.5 Å². The van der Waals surface area contributed by atoms with E-state index in [2.05, 4.69) is 38.2 Å². The third-order valence-corrected chi connectivity index (χ3v) is 4.77. The van der Waals surface area contributed by atoms with Crippen molar-refractivity contribution in [2.24, 2.45) is 5.92 Å². The standard InChI is InChI=1S/C18H25N5O/c1-19-17(24)12-23-9-7-14(8-10-23)11-22(2)18-15-5-3-4-6-16(15)20-13-21-18/h3-6,13-14H,7-12H2,1-2H3,(H,19,24). The summed E-state index contributed by atoms with van der Waals surface area (Å²) in [6.45, 7) is 3.46. The number of piperidine rings is 1. The summed E-state index contributed by atoms with van der Waals surface area (Å²) in [6.07, 6.45) is 3.87. The number of aromatic nitrogens is 2. The molecule has 0 aliphatic carbocycles. The van der Waals surface area contributed by atoms with Crippen LogP contribution in [0.4, 0.5) is 5.82 Å². The molecule has 1 amide bonds.